The zero-order chi connectivity index (χ0) is 15.8. The topological polar surface area (TPSA) is 84.2 Å². The molecule has 6 nitrogen and oxygen atoms in total. The number of aromatic nitrogens is 1. The molecule has 0 aliphatic carbocycles. The molecule has 21 heavy (non-hydrogen) atoms. The first kappa shape index (κ1) is 15.8. The fraction of sp³-hybridized carbons (Fsp3) is 0.500. The van der Waals surface area contributed by atoms with Crippen LogP contribution in [0.1, 0.15) is 36.8 Å². The lowest BCUT2D eigenvalue weighted by molar-refractivity contribution is 0.0515. The van der Waals surface area contributed by atoms with Crippen LogP contribution in [0.2, 0.25) is 0 Å². The van der Waals surface area contributed by atoms with Gasteiger partial charge in [0.25, 0.3) is 0 Å². The number of hydrogen-bond donors (Lipinski definition) is 2. The summed E-state index contributed by atoms with van der Waals surface area (Å²) in [7, 11) is -1.48. The molecule has 0 fully saturated rings. The Morgan fingerprint density at radius 1 is 1.57 bits per heavy atom. The number of carbonyl (C=O) groups is 1. The first-order valence-electron chi connectivity index (χ1n) is 6.88. The highest BCUT2D eigenvalue weighted by Crippen LogP contribution is 2.28. The van der Waals surface area contributed by atoms with Gasteiger partial charge in [-0.25, -0.2) is 18.5 Å². The lowest BCUT2D eigenvalue weighted by atomic mass is 10.0. The summed E-state index contributed by atoms with van der Waals surface area (Å²) in [4.78, 5) is 12.4. The minimum atomic E-state index is -3.16. The number of rotatable bonds is 3. The Kier molecular flexibility index (Phi) is 4.25. The SMILES string of the molecule is CCOC(=O)c1c2c(cn1C)S(=N)(=O)N[C@@H](C(C)C)C=C2. The Morgan fingerprint density at radius 3 is 2.81 bits per heavy atom. The molecule has 2 N–H and O–H groups in total. The summed E-state index contributed by atoms with van der Waals surface area (Å²) in [6, 6.07) is -0.178. The highest BCUT2D eigenvalue weighted by Gasteiger charge is 2.29. The molecule has 0 radical (unpaired) electrons. The number of esters is 1. The van der Waals surface area contributed by atoms with E-state index in [1.807, 2.05) is 19.9 Å². The third-order valence-corrected chi connectivity index (χ3v) is 5.00. The summed E-state index contributed by atoms with van der Waals surface area (Å²) in [5.74, 6) is -0.277. The van der Waals surface area contributed by atoms with Gasteiger partial charge >= 0.3 is 5.97 Å². The van der Waals surface area contributed by atoms with Gasteiger partial charge in [0.05, 0.1) is 11.5 Å². The van der Waals surface area contributed by atoms with Crippen LogP contribution in [0.3, 0.4) is 0 Å². The summed E-state index contributed by atoms with van der Waals surface area (Å²) in [6.45, 7) is 5.98. The van der Waals surface area contributed by atoms with Crippen molar-refractivity contribution in [1.82, 2.24) is 9.29 Å². The molecule has 0 saturated heterocycles. The van der Waals surface area contributed by atoms with Crippen molar-refractivity contribution in [3.63, 3.8) is 0 Å². The quantitative estimate of drug-likeness (QED) is 0.839. The molecule has 1 unspecified atom stereocenters. The smallest absolute Gasteiger partial charge is 0.355 e. The predicted molar refractivity (Wildman–Crippen MR) is 81.3 cm³/mol. The van der Waals surface area contributed by atoms with E-state index in [2.05, 4.69) is 4.72 Å². The lowest BCUT2D eigenvalue weighted by Gasteiger charge is -2.18. The second-order valence-electron chi connectivity index (χ2n) is 5.39. The molecule has 1 aromatic heterocycles. The van der Waals surface area contributed by atoms with Crippen molar-refractivity contribution in [3.05, 3.63) is 23.5 Å². The van der Waals surface area contributed by atoms with E-state index < -0.39 is 15.9 Å². The summed E-state index contributed by atoms with van der Waals surface area (Å²) >= 11 is 0. The molecule has 1 aliphatic rings. The molecule has 2 heterocycles. The normalized spacial score (nSPS) is 24.7. The molecule has 2 rings (SSSR count). The van der Waals surface area contributed by atoms with Crippen LogP contribution >= 0.6 is 0 Å². The second-order valence-corrected chi connectivity index (χ2v) is 7.18. The second kappa shape index (κ2) is 5.65. The van der Waals surface area contributed by atoms with Crippen molar-refractivity contribution >= 4 is 22.0 Å². The van der Waals surface area contributed by atoms with E-state index in [1.165, 1.54) is 0 Å². The van der Waals surface area contributed by atoms with Crippen LogP contribution < -0.4 is 4.72 Å². The molecule has 1 aromatic rings. The number of nitrogens with zero attached hydrogens (tertiary/aromatic N) is 1. The van der Waals surface area contributed by atoms with Crippen molar-refractivity contribution in [2.24, 2.45) is 13.0 Å². The molecular weight excluding hydrogens is 290 g/mol. The van der Waals surface area contributed by atoms with Crippen molar-refractivity contribution < 1.29 is 13.7 Å². The van der Waals surface area contributed by atoms with E-state index >= 15 is 0 Å². The molecular formula is C14H21N3O3S. The van der Waals surface area contributed by atoms with Gasteiger partial charge in [0.2, 0.25) is 0 Å². The van der Waals surface area contributed by atoms with E-state index in [0.29, 0.717) is 16.2 Å². The van der Waals surface area contributed by atoms with Crippen LogP contribution in [-0.4, -0.2) is 27.4 Å². The summed E-state index contributed by atoms with van der Waals surface area (Å²) in [6.07, 6.45) is 5.19. The summed E-state index contributed by atoms with van der Waals surface area (Å²) in [5, 5.41) is 0. The number of nitrogens with one attached hydrogen (secondary N) is 2. The van der Waals surface area contributed by atoms with Gasteiger partial charge in [-0.3, -0.25) is 0 Å². The molecule has 0 amide bonds. The van der Waals surface area contributed by atoms with Crippen LogP contribution in [0.15, 0.2) is 17.2 Å². The number of aryl methyl sites for hydroxylation is 1. The van der Waals surface area contributed by atoms with Crippen LogP contribution in [0.25, 0.3) is 6.08 Å². The van der Waals surface area contributed by atoms with E-state index in [9.17, 15) is 9.00 Å². The molecule has 116 valence electrons. The average Bonchev–Trinajstić information content (AvgIpc) is 2.65. The number of fused-ring (bicyclic) bond motifs is 1. The Labute approximate surface area is 125 Å². The van der Waals surface area contributed by atoms with Gasteiger partial charge in [-0.1, -0.05) is 26.0 Å². The van der Waals surface area contributed by atoms with Crippen molar-refractivity contribution in [1.29, 1.82) is 4.78 Å². The maximum absolute atomic E-state index is 12.7. The molecule has 0 spiro atoms. The largest absolute Gasteiger partial charge is 0.461 e. The number of carbonyl (C=O) groups excluding carboxylic acids is 1. The van der Waals surface area contributed by atoms with Crippen LogP contribution in [0, 0.1) is 10.7 Å². The fourth-order valence-corrected chi connectivity index (χ4v) is 3.95. The first-order valence-corrected chi connectivity index (χ1v) is 8.44. The standard InChI is InChI=1S/C14H21N3O3S/c1-5-20-14(18)13-10-6-7-11(9(2)3)16-21(15,19)12(10)8-17(13)4/h6-9,11H,5H2,1-4H3,(H2,15,16,19)/t11-,21?/m1/s1. The average molecular weight is 311 g/mol. The maximum Gasteiger partial charge on any atom is 0.355 e. The minimum absolute atomic E-state index is 0.178. The van der Waals surface area contributed by atoms with E-state index in [-0.39, 0.29) is 18.6 Å². The molecule has 1 aliphatic heterocycles. The Morgan fingerprint density at radius 2 is 2.24 bits per heavy atom. The van der Waals surface area contributed by atoms with Gasteiger partial charge in [0, 0.05) is 24.8 Å². The summed E-state index contributed by atoms with van der Waals surface area (Å²) in [5.41, 5.74) is 0.834. The predicted octanol–water partition coefficient (Wildman–Crippen LogP) is 2.16. The maximum atomic E-state index is 12.7. The van der Waals surface area contributed by atoms with Crippen LogP contribution in [0.5, 0.6) is 0 Å². The van der Waals surface area contributed by atoms with Crippen LogP contribution in [-0.2, 0) is 21.7 Å². The molecule has 0 aromatic carbocycles. The van der Waals surface area contributed by atoms with Crippen LogP contribution in [0.4, 0.5) is 0 Å². The van der Waals surface area contributed by atoms with Gasteiger partial charge in [0.1, 0.15) is 15.6 Å². The molecule has 2 atom stereocenters. The third kappa shape index (κ3) is 2.89. The Hall–Kier alpha value is -1.60. The zero-order valence-corrected chi connectivity index (χ0v) is 13.5. The number of hydrogen-bond acceptors (Lipinski definition) is 4. The monoisotopic (exact) mass is 311 g/mol. The highest BCUT2D eigenvalue weighted by atomic mass is 32.2. The lowest BCUT2D eigenvalue weighted by Crippen LogP contribution is -2.35. The van der Waals surface area contributed by atoms with Crippen molar-refractivity contribution in [3.8, 4) is 0 Å². The number of ether oxygens (including phenoxy) is 1. The Bertz CT molecular complexity index is 687. The molecule has 7 heteroatoms. The zero-order valence-electron chi connectivity index (χ0n) is 12.7. The van der Waals surface area contributed by atoms with Gasteiger partial charge in [-0.2, -0.15) is 0 Å². The Balaban J connectivity index is 2.60. The van der Waals surface area contributed by atoms with Gasteiger partial charge in [-0.05, 0) is 12.8 Å². The van der Waals surface area contributed by atoms with Gasteiger partial charge in [0.15, 0.2) is 0 Å². The molecule has 0 saturated carbocycles. The van der Waals surface area contributed by atoms with Gasteiger partial charge < -0.3 is 9.30 Å². The molecule has 0 bridgehead atoms. The third-order valence-electron chi connectivity index (χ3n) is 3.45. The van der Waals surface area contributed by atoms with Crippen molar-refractivity contribution in [2.75, 3.05) is 6.61 Å². The van der Waals surface area contributed by atoms with E-state index in [0.717, 1.165) is 0 Å². The summed E-state index contributed by atoms with van der Waals surface area (Å²) < 4.78 is 30.3. The van der Waals surface area contributed by atoms with Gasteiger partial charge in [-0.15, -0.1) is 0 Å². The van der Waals surface area contributed by atoms with Crippen molar-refractivity contribution in [2.45, 2.75) is 31.7 Å². The van der Waals surface area contributed by atoms with E-state index in [4.69, 9.17) is 9.52 Å². The minimum Gasteiger partial charge on any atom is -0.461 e. The fourth-order valence-electron chi connectivity index (χ4n) is 2.31. The van der Waals surface area contributed by atoms with E-state index in [1.54, 1.807) is 30.8 Å². The highest BCUT2D eigenvalue weighted by molar-refractivity contribution is 7.90. The first-order chi connectivity index (χ1) is 9.77.